The van der Waals surface area contributed by atoms with Crippen LogP contribution >= 0.6 is 23.2 Å². The monoisotopic (exact) mass is 295 g/mol. The summed E-state index contributed by atoms with van der Waals surface area (Å²) in [6.07, 6.45) is 5.60. The molecule has 0 saturated carbocycles. The summed E-state index contributed by atoms with van der Waals surface area (Å²) in [5.41, 5.74) is 1.45. The van der Waals surface area contributed by atoms with E-state index in [0.29, 0.717) is 18.5 Å². The minimum absolute atomic E-state index is 0.188. The molecule has 1 N–H and O–H groups in total. The van der Waals surface area contributed by atoms with Gasteiger partial charge in [-0.1, -0.05) is 29.3 Å². The van der Waals surface area contributed by atoms with Crippen molar-refractivity contribution in [2.24, 2.45) is 0 Å². The molecule has 0 aromatic carbocycles. The second-order valence-electron chi connectivity index (χ2n) is 3.86. The summed E-state index contributed by atoms with van der Waals surface area (Å²) < 4.78 is 0. The smallest absolute Gasteiger partial charge is 0.252 e. The molecule has 0 fully saturated rings. The van der Waals surface area contributed by atoms with Crippen molar-refractivity contribution in [3.63, 3.8) is 0 Å². The number of halogens is 2. The summed E-state index contributed by atoms with van der Waals surface area (Å²) >= 11 is 11.5. The van der Waals surface area contributed by atoms with Gasteiger partial charge in [0, 0.05) is 25.1 Å². The molecule has 0 radical (unpaired) electrons. The third-order valence-corrected chi connectivity index (χ3v) is 3.17. The number of hydrogen-bond acceptors (Lipinski definition) is 3. The van der Waals surface area contributed by atoms with E-state index in [4.69, 9.17) is 23.2 Å². The van der Waals surface area contributed by atoms with E-state index in [-0.39, 0.29) is 16.1 Å². The molecular weight excluding hydrogens is 285 g/mol. The van der Waals surface area contributed by atoms with Crippen LogP contribution in [0.15, 0.2) is 36.8 Å². The highest BCUT2D eigenvalue weighted by atomic mass is 35.5. The van der Waals surface area contributed by atoms with Gasteiger partial charge in [-0.3, -0.25) is 9.78 Å². The maximum atomic E-state index is 11.8. The molecule has 0 saturated heterocycles. The zero-order chi connectivity index (χ0) is 13.7. The number of rotatable bonds is 4. The van der Waals surface area contributed by atoms with Gasteiger partial charge in [-0.25, -0.2) is 4.98 Å². The molecule has 0 spiro atoms. The van der Waals surface area contributed by atoms with E-state index < -0.39 is 0 Å². The van der Waals surface area contributed by atoms with E-state index in [1.807, 2.05) is 12.1 Å². The zero-order valence-corrected chi connectivity index (χ0v) is 11.4. The van der Waals surface area contributed by atoms with Crippen LogP contribution in [0.4, 0.5) is 0 Å². The second-order valence-corrected chi connectivity index (χ2v) is 4.63. The number of amides is 1. The van der Waals surface area contributed by atoms with Gasteiger partial charge in [0.15, 0.2) is 0 Å². The summed E-state index contributed by atoms with van der Waals surface area (Å²) in [7, 11) is 0. The van der Waals surface area contributed by atoms with Gasteiger partial charge in [0.25, 0.3) is 5.91 Å². The number of hydrogen-bond donors (Lipinski definition) is 1. The van der Waals surface area contributed by atoms with Crippen LogP contribution in [-0.4, -0.2) is 22.4 Å². The largest absolute Gasteiger partial charge is 0.352 e. The van der Waals surface area contributed by atoms with Gasteiger partial charge >= 0.3 is 0 Å². The predicted molar refractivity (Wildman–Crippen MR) is 74.5 cm³/mol. The lowest BCUT2D eigenvalue weighted by Gasteiger charge is -2.05. The average molecular weight is 296 g/mol. The van der Waals surface area contributed by atoms with Crippen molar-refractivity contribution in [1.82, 2.24) is 15.3 Å². The van der Waals surface area contributed by atoms with Gasteiger partial charge in [-0.2, -0.15) is 0 Å². The van der Waals surface area contributed by atoms with Crippen LogP contribution in [0.3, 0.4) is 0 Å². The fourth-order valence-corrected chi connectivity index (χ4v) is 1.78. The minimum Gasteiger partial charge on any atom is -0.352 e. The average Bonchev–Trinajstić information content (AvgIpc) is 2.43. The zero-order valence-electron chi connectivity index (χ0n) is 9.94. The quantitative estimate of drug-likeness (QED) is 0.883. The lowest BCUT2D eigenvalue weighted by atomic mass is 10.2. The van der Waals surface area contributed by atoms with Crippen molar-refractivity contribution in [3.05, 3.63) is 58.1 Å². The molecule has 0 unspecified atom stereocenters. The van der Waals surface area contributed by atoms with Crippen LogP contribution in [-0.2, 0) is 6.42 Å². The molecule has 2 aromatic rings. The molecule has 2 rings (SSSR count). The highest BCUT2D eigenvalue weighted by molar-refractivity contribution is 6.41. The Morgan fingerprint density at radius 2 is 2.16 bits per heavy atom. The van der Waals surface area contributed by atoms with Gasteiger partial charge in [-0.15, -0.1) is 0 Å². The Kier molecular flexibility index (Phi) is 4.71. The maximum absolute atomic E-state index is 11.8. The first-order valence-electron chi connectivity index (χ1n) is 5.65. The van der Waals surface area contributed by atoms with E-state index in [1.54, 1.807) is 12.4 Å². The Morgan fingerprint density at radius 3 is 2.84 bits per heavy atom. The van der Waals surface area contributed by atoms with E-state index >= 15 is 0 Å². The van der Waals surface area contributed by atoms with Gasteiger partial charge in [0.05, 0.1) is 10.6 Å². The highest BCUT2D eigenvalue weighted by Crippen LogP contribution is 2.19. The van der Waals surface area contributed by atoms with Crippen LogP contribution < -0.4 is 5.32 Å². The topological polar surface area (TPSA) is 54.9 Å². The van der Waals surface area contributed by atoms with Gasteiger partial charge in [-0.05, 0) is 24.1 Å². The Hall–Kier alpha value is -1.65. The standard InChI is InChI=1S/C13H11Cl2N3O/c14-11-6-10(8-18-12(11)15)13(19)17-5-3-9-2-1-4-16-7-9/h1-2,4,6-8H,3,5H2,(H,17,19). The normalized spacial score (nSPS) is 10.2. The van der Waals surface area contributed by atoms with Crippen LogP contribution in [0.2, 0.25) is 10.2 Å². The molecule has 98 valence electrons. The van der Waals surface area contributed by atoms with Crippen molar-refractivity contribution in [1.29, 1.82) is 0 Å². The molecule has 0 bridgehead atoms. The van der Waals surface area contributed by atoms with Crippen LogP contribution in [0, 0.1) is 0 Å². The van der Waals surface area contributed by atoms with Crippen LogP contribution in [0.5, 0.6) is 0 Å². The SMILES string of the molecule is O=C(NCCc1cccnc1)c1cnc(Cl)c(Cl)c1. The van der Waals surface area contributed by atoms with Gasteiger partial charge < -0.3 is 5.32 Å². The lowest BCUT2D eigenvalue weighted by molar-refractivity contribution is 0.0954. The number of nitrogens with one attached hydrogen (secondary N) is 1. The van der Waals surface area contributed by atoms with Crippen molar-refractivity contribution >= 4 is 29.1 Å². The number of carbonyl (C=O) groups excluding carboxylic acids is 1. The number of pyridine rings is 2. The lowest BCUT2D eigenvalue weighted by Crippen LogP contribution is -2.25. The van der Waals surface area contributed by atoms with Gasteiger partial charge in [0.2, 0.25) is 0 Å². The van der Waals surface area contributed by atoms with Crippen molar-refractivity contribution < 1.29 is 4.79 Å². The summed E-state index contributed by atoms with van der Waals surface area (Å²) in [4.78, 5) is 19.7. The fourth-order valence-electron chi connectivity index (χ4n) is 1.51. The third-order valence-electron chi connectivity index (χ3n) is 2.48. The number of aromatic nitrogens is 2. The van der Waals surface area contributed by atoms with E-state index in [1.165, 1.54) is 12.3 Å². The summed E-state index contributed by atoms with van der Waals surface area (Å²) in [5, 5.41) is 3.24. The Labute approximate surface area is 120 Å². The molecule has 0 atom stereocenters. The third kappa shape index (κ3) is 3.91. The molecule has 0 aliphatic rings. The minimum atomic E-state index is -0.227. The Balaban J connectivity index is 1.89. The molecule has 1 amide bonds. The van der Waals surface area contributed by atoms with E-state index in [2.05, 4.69) is 15.3 Å². The first-order chi connectivity index (χ1) is 9.16. The second kappa shape index (κ2) is 6.50. The first kappa shape index (κ1) is 13.8. The Morgan fingerprint density at radius 1 is 1.32 bits per heavy atom. The molecular formula is C13H11Cl2N3O. The van der Waals surface area contributed by atoms with Crippen LogP contribution in [0.1, 0.15) is 15.9 Å². The first-order valence-corrected chi connectivity index (χ1v) is 6.40. The fraction of sp³-hybridized carbons (Fsp3) is 0.154. The molecule has 6 heteroatoms. The number of nitrogens with zero attached hydrogens (tertiary/aromatic N) is 2. The van der Waals surface area contributed by atoms with Crippen molar-refractivity contribution in [2.45, 2.75) is 6.42 Å². The van der Waals surface area contributed by atoms with E-state index in [0.717, 1.165) is 5.56 Å². The van der Waals surface area contributed by atoms with Gasteiger partial charge in [0.1, 0.15) is 5.15 Å². The summed E-state index contributed by atoms with van der Waals surface area (Å²) in [6.45, 7) is 0.519. The van der Waals surface area contributed by atoms with Crippen molar-refractivity contribution in [3.8, 4) is 0 Å². The number of carbonyl (C=O) groups is 1. The molecule has 0 aliphatic carbocycles. The van der Waals surface area contributed by atoms with E-state index in [9.17, 15) is 4.79 Å². The molecule has 19 heavy (non-hydrogen) atoms. The predicted octanol–water partition coefficient (Wildman–Crippen LogP) is 2.76. The highest BCUT2D eigenvalue weighted by Gasteiger charge is 2.08. The molecule has 0 aliphatic heterocycles. The summed E-state index contributed by atoms with van der Waals surface area (Å²) in [6, 6.07) is 5.32. The van der Waals surface area contributed by atoms with Crippen molar-refractivity contribution in [2.75, 3.05) is 6.54 Å². The summed E-state index contributed by atoms with van der Waals surface area (Å²) in [5.74, 6) is -0.227. The molecule has 2 heterocycles. The Bertz CT molecular complexity index is 575. The molecule has 2 aromatic heterocycles. The maximum Gasteiger partial charge on any atom is 0.252 e. The molecule has 4 nitrogen and oxygen atoms in total. The van der Waals surface area contributed by atoms with Crippen LogP contribution in [0.25, 0.3) is 0 Å².